The highest BCUT2D eigenvalue weighted by Crippen LogP contribution is 2.57. The standard InChI is InChI=1S/C24H29NP/c1-2-3-4-13-20-26(21-14-7-5-8-15-21,22-16-9-6-10-17-22)24-19-12-11-18-23(24)25/h5-12,14-19H,2-4,13,20,25H2,1H3/q+1. The number of hydrogen-bond acceptors (Lipinski definition) is 1. The molecule has 0 aliphatic rings. The van der Waals surface area contributed by atoms with Crippen molar-refractivity contribution < 1.29 is 0 Å². The summed E-state index contributed by atoms with van der Waals surface area (Å²) < 4.78 is 0. The highest BCUT2D eigenvalue weighted by Gasteiger charge is 2.45. The number of unbranched alkanes of at least 4 members (excludes halogenated alkanes) is 3. The molecule has 3 aromatic rings. The van der Waals surface area contributed by atoms with E-state index in [4.69, 9.17) is 5.73 Å². The number of nitrogens with two attached hydrogens (primary N) is 1. The van der Waals surface area contributed by atoms with E-state index in [1.807, 2.05) is 6.07 Å². The Hall–Kier alpha value is -2.11. The van der Waals surface area contributed by atoms with Crippen LogP contribution in [0.5, 0.6) is 0 Å². The second-order valence-corrected chi connectivity index (χ2v) is 10.4. The Morgan fingerprint density at radius 1 is 0.654 bits per heavy atom. The number of hydrogen-bond donors (Lipinski definition) is 1. The van der Waals surface area contributed by atoms with E-state index in [0.717, 1.165) is 5.69 Å². The van der Waals surface area contributed by atoms with Gasteiger partial charge in [0.25, 0.3) is 0 Å². The van der Waals surface area contributed by atoms with Crippen molar-refractivity contribution >= 4 is 28.9 Å². The summed E-state index contributed by atoms with van der Waals surface area (Å²) in [6, 6.07) is 30.6. The van der Waals surface area contributed by atoms with Crippen LogP contribution in [0.1, 0.15) is 32.6 Å². The van der Waals surface area contributed by atoms with Gasteiger partial charge in [0.05, 0.1) is 11.8 Å². The van der Waals surface area contributed by atoms with E-state index in [1.54, 1.807) is 0 Å². The number of benzene rings is 3. The maximum absolute atomic E-state index is 6.54. The van der Waals surface area contributed by atoms with E-state index in [2.05, 4.69) is 85.8 Å². The second-order valence-electron chi connectivity index (χ2n) is 6.82. The second kappa shape index (κ2) is 9.01. The first-order valence-electron chi connectivity index (χ1n) is 9.63. The molecule has 3 aromatic carbocycles. The summed E-state index contributed by atoms with van der Waals surface area (Å²) in [5.41, 5.74) is 7.46. The van der Waals surface area contributed by atoms with Crippen molar-refractivity contribution in [2.24, 2.45) is 0 Å². The minimum Gasteiger partial charge on any atom is -0.396 e. The van der Waals surface area contributed by atoms with Gasteiger partial charge < -0.3 is 5.73 Å². The molecule has 0 unspecified atom stereocenters. The first kappa shape index (κ1) is 18.7. The Balaban J connectivity index is 2.19. The predicted molar refractivity (Wildman–Crippen MR) is 119 cm³/mol. The van der Waals surface area contributed by atoms with Gasteiger partial charge in [0.15, 0.2) is 0 Å². The summed E-state index contributed by atoms with van der Waals surface area (Å²) in [6.45, 7) is 2.27. The molecule has 2 N–H and O–H groups in total. The Morgan fingerprint density at radius 3 is 1.73 bits per heavy atom. The zero-order valence-corrected chi connectivity index (χ0v) is 16.5. The molecule has 26 heavy (non-hydrogen) atoms. The lowest BCUT2D eigenvalue weighted by Gasteiger charge is -2.28. The van der Waals surface area contributed by atoms with Crippen molar-refractivity contribution in [3.63, 3.8) is 0 Å². The van der Waals surface area contributed by atoms with Crippen LogP contribution >= 0.6 is 7.26 Å². The van der Waals surface area contributed by atoms with Crippen molar-refractivity contribution in [3.8, 4) is 0 Å². The number of anilines is 1. The van der Waals surface area contributed by atoms with Crippen molar-refractivity contribution in [2.45, 2.75) is 32.6 Å². The molecule has 0 fully saturated rings. The third-order valence-corrected chi connectivity index (χ3v) is 9.67. The Kier molecular flexibility index (Phi) is 6.47. The molecule has 0 amide bonds. The lowest BCUT2D eigenvalue weighted by molar-refractivity contribution is 0.705. The maximum atomic E-state index is 6.54. The lowest BCUT2D eigenvalue weighted by atomic mass is 10.2. The molecular weight excluding hydrogens is 333 g/mol. The van der Waals surface area contributed by atoms with E-state index in [-0.39, 0.29) is 0 Å². The Bertz CT molecular complexity index is 759. The van der Waals surface area contributed by atoms with E-state index in [1.165, 1.54) is 47.8 Å². The average Bonchev–Trinajstić information content (AvgIpc) is 2.70. The molecular formula is C24H29NP+. The molecule has 0 heterocycles. The van der Waals surface area contributed by atoms with Gasteiger partial charge in [-0.2, -0.15) is 0 Å². The van der Waals surface area contributed by atoms with Gasteiger partial charge in [-0.1, -0.05) is 68.3 Å². The van der Waals surface area contributed by atoms with Gasteiger partial charge in [0.2, 0.25) is 0 Å². The zero-order chi connectivity index (χ0) is 18.2. The van der Waals surface area contributed by atoms with Gasteiger partial charge in [0, 0.05) is 0 Å². The summed E-state index contributed by atoms with van der Waals surface area (Å²) in [4.78, 5) is 0. The number of nitrogen functional groups attached to an aromatic ring is 1. The van der Waals surface area contributed by atoms with E-state index in [0.29, 0.717) is 0 Å². The summed E-state index contributed by atoms with van der Waals surface area (Å²) in [7, 11) is -1.76. The van der Waals surface area contributed by atoms with Gasteiger partial charge in [-0.25, -0.2) is 0 Å². The summed E-state index contributed by atoms with van der Waals surface area (Å²) in [5, 5.41) is 4.19. The normalized spacial score (nSPS) is 11.4. The van der Waals surface area contributed by atoms with Gasteiger partial charge in [-0.3, -0.25) is 0 Å². The predicted octanol–water partition coefficient (Wildman–Crippen LogP) is 5.14. The first-order chi connectivity index (χ1) is 12.8. The highest BCUT2D eigenvalue weighted by molar-refractivity contribution is 7.96. The largest absolute Gasteiger partial charge is 0.396 e. The molecule has 0 spiro atoms. The highest BCUT2D eigenvalue weighted by atomic mass is 31.2. The molecule has 0 bridgehead atoms. The van der Waals surface area contributed by atoms with Crippen LogP contribution in [0.3, 0.4) is 0 Å². The molecule has 0 aromatic heterocycles. The van der Waals surface area contributed by atoms with Crippen molar-refractivity contribution in [1.29, 1.82) is 0 Å². The van der Waals surface area contributed by atoms with Gasteiger partial charge in [-0.05, 0) is 49.2 Å². The molecule has 0 saturated heterocycles. The molecule has 2 heteroatoms. The third kappa shape index (κ3) is 3.84. The fraction of sp³-hybridized carbons (Fsp3) is 0.250. The average molecular weight is 362 g/mol. The zero-order valence-electron chi connectivity index (χ0n) is 15.6. The fourth-order valence-electron chi connectivity index (χ4n) is 3.78. The van der Waals surface area contributed by atoms with Crippen LogP contribution in [-0.4, -0.2) is 6.16 Å². The van der Waals surface area contributed by atoms with Gasteiger partial charge in [0.1, 0.15) is 23.2 Å². The smallest absolute Gasteiger partial charge is 0.127 e. The van der Waals surface area contributed by atoms with Crippen LogP contribution < -0.4 is 21.6 Å². The number of para-hydroxylation sites is 1. The molecule has 0 atom stereocenters. The van der Waals surface area contributed by atoms with E-state index < -0.39 is 7.26 Å². The van der Waals surface area contributed by atoms with Gasteiger partial charge in [-0.15, -0.1) is 0 Å². The van der Waals surface area contributed by atoms with Crippen LogP contribution in [-0.2, 0) is 0 Å². The van der Waals surface area contributed by atoms with E-state index >= 15 is 0 Å². The van der Waals surface area contributed by atoms with Crippen LogP contribution in [0.15, 0.2) is 84.9 Å². The molecule has 0 saturated carbocycles. The molecule has 134 valence electrons. The Labute approximate surface area is 158 Å². The lowest BCUT2D eigenvalue weighted by Crippen LogP contribution is -2.34. The topological polar surface area (TPSA) is 26.0 Å². The molecule has 1 nitrogen and oxygen atoms in total. The third-order valence-electron chi connectivity index (χ3n) is 5.09. The van der Waals surface area contributed by atoms with Crippen molar-refractivity contribution in [3.05, 3.63) is 84.9 Å². The summed E-state index contributed by atoms with van der Waals surface area (Å²) >= 11 is 0. The van der Waals surface area contributed by atoms with Crippen LogP contribution in [0.25, 0.3) is 0 Å². The van der Waals surface area contributed by atoms with E-state index in [9.17, 15) is 0 Å². The van der Waals surface area contributed by atoms with Crippen LogP contribution in [0.4, 0.5) is 5.69 Å². The van der Waals surface area contributed by atoms with Crippen molar-refractivity contribution in [1.82, 2.24) is 0 Å². The van der Waals surface area contributed by atoms with Crippen LogP contribution in [0.2, 0.25) is 0 Å². The number of rotatable bonds is 8. The molecule has 0 radical (unpaired) electrons. The van der Waals surface area contributed by atoms with Gasteiger partial charge >= 0.3 is 0 Å². The monoisotopic (exact) mass is 362 g/mol. The summed E-state index contributed by atoms with van der Waals surface area (Å²) in [6.07, 6.45) is 6.25. The first-order valence-corrected chi connectivity index (χ1v) is 11.6. The molecule has 0 aliphatic carbocycles. The van der Waals surface area contributed by atoms with Crippen LogP contribution in [0, 0.1) is 0 Å². The minimum atomic E-state index is -1.76. The Morgan fingerprint density at radius 2 is 1.19 bits per heavy atom. The minimum absolute atomic E-state index is 0.920. The fourth-order valence-corrected chi connectivity index (χ4v) is 8.31. The van der Waals surface area contributed by atoms with Crippen molar-refractivity contribution in [2.75, 3.05) is 11.9 Å². The molecule has 3 rings (SSSR count). The SMILES string of the molecule is CCCCCC[P+](c1ccccc1)(c1ccccc1)c1ccccc1N. The molecule has 0 aliphatic heterocycles. The summed E-state index contributed by atoms with van der Waals surface area (Å²) in [5.74, 6) is 0. The maximum Gasteiger partial charge on any atom is 0.127 e. The quantitative estimate of drug-likeness (QED) is 0.335.